The van der Waals surface area contributed by atoms with Crippen LogP contribution in [-0.4, -0.2) is 46.4 Å². The third-order valence-electron chi connectivity index (χ3n) is 4.16. The molecule has 0 bridgehead atoms. The summed E-state index contributed by atoms with van der Waals surface area (Å²) in [6.07, 6.45) is 1.68. The Hall–Kier alpha value is -0.520. The van der Waals surface area contributed by atoms with Crippen LogP contribution in [0.4, 0.5) is 0 Å². The Morgan fingerprint density at radius 3 is 2.89 bits per heavy atom. The van der Waals surface area contributed by atoms with E-state index in [1.807, 2.05) is 13.8 Å². The van der Waals surface area contributed by atoms with E-state index in [2.05, 4.69) is 28.7 Å². The van der Waals surface area contributed by atoms with Gasteiger partial charge in [-0.15, -0.1) is 11.8 Å². The van der Waals surface area contributed by atoms with Crippen molar-refractivity contribution in [2.75, 3.05) is 25.4 Å². The largest absolute Gasteiger partial charge is 0.378 e. The molecule has 1 aromatic heterocycles. The number of aromatic nitrogens is 1. The molecule has 0 N–H and O–H groups in total. The van der Waals surface area contributed by atoms with Gasteiger partial charge in [0.15, 0.2) is 0 Å². The predicted molar refractivity (Wildman–Crippen MR) is 76.5 cm³/mol. The Kier molecular flexibility index (Phi) is 3.62. The van der Waals surface area contributed by atoms with Crippen molar-refractivity contribution in [3.63, 3.8) is 0 Å². The van der Waals surface area contributed by atoms with E-state index in [1.54, 1.807) is 0 Å². The van der Waals surface area contributed by atoms with E-state index in [0.717, 1.165) is 30.4 Å². The van der Waals surface area contributed by atoms with Gasteiger partial charge >= 0.3 is 0 Å². The zero-order valence-electron chi connectivity index (χ0n) is 11.9. The molecule has 1 atom stereocenters. The summed E-state index contributed by atoms with van der Waals surface area (Å²) in [4.78, 5) is 2.49. The Morgan fingerprint density at radius 2 is 2.26 bits per heavy atom. The second kappa shape index (κ2) is 5.11. The lowest BCUT2D eigenvalue weighted by molar-refractivity contribution is 0.0415. The van der Waals surface area contributed by atoms with Crippen molar-refractivity contribution in [2.24, 2.45) is 0 Å². The highest BCUT2D eigenvalue weighted by molar-refractivity contribution is 8.01. The number of hydrogen-bond acceptors (Lipinski definition) is 5. The van der Waals surface area contributed by atoms with E-state index >= 15 is 0 Å². The van der Waals surface area contributed by atoms with Crippen molar-refractivity contribution in [3.05, 3.63) is 17.0 Å². The van der Waals surface area contributed by atoms with Crippen LogP contribution in [0.5, 0.6) is 0 Å². The van der Waals surface area contributed by atoms with Gasteiger partial charge in [-0.2, -0.15) is 0 Å². The highest BCUT2D eigenvalue weighted by Gasteiger charge is 2.49. The van der Waals surface area contributed by atoms with E-state index in [1.165, 1.54) is 25.1 Å². The second-order valence-electron chi connectivity index (χ2n) is 5.72. The third-order valence-corrected chi connectivity index (χ3v) is 5.74. The SMILES string of the molecule is CCOC1CSC2(C1)CN(Cc1c(C)noc1C)C2. The number of nitrogens with zero attached hydrogens (tertiary/aromatic N) is 2. The monoisotopic (exact) mass is 282 g/mol. The minimum Gasteiger partial charge on any atom is -0.378 e. The number of thioether (sulfide) groups is 1. The van der Waals surface area contributed by atoms with Crippen molar-refractivity contribution in [1.29, 1.82) is 0 Å². The summed E-state index contributed by atoms with van der Waals surface area (Å²) in [5.41, 5.74) is 2.30. The van der Waals surface area contributed by atoms with Crippen LogP contribution in [0.15, 0.2) is 4.52 Å². The molecule has 106 valence electrons. The average molecular weight is 282 g/mol. The molecule has 2 aliphatic heterocycles. The molecular weight excluding hydrogens is 260 g/mol. The number of likely N-dealkylation sites (tertiary alicyclic amines) is 1. The summed E-state index contributed by atoms with van der Waals surface area (Å²) in [7, 11) is 0. The maximum Gasteiger partial charge on any atom is 0.138 e. The molecule has 2 saturated heterocycles. The topological polar surface area (TPSA) is 38.5 Å². The zero-order chi connectivity index (χ0) is 13.5. The van der Waals surface area contributed by atoms with Crippen LogP contribution in [0, 0.1) is 13.8 Å². The fourth-order valence-corrected chi connectivity index (χ4v) is 4.80. The Bertz CT molecular complexity index is 435. The predicted octanol–water partition coefficient (Wildman–Crippen LogP) is 2.39. The maximum absolute atomic E-state index is 5.75. The van der Waals surface area contributed by atoms with Crippen LogP contribution in [0.2, 0.25) is 0 Å². The van der Waals surface area contributed by atoms with Gasteiger partial charge in [0.2, 0.25) is 0 Å². The smallest absolute Gasteiger partial charge is 0.138 e. The summed E-state index contributed by atoms with van der Waals surface area (Å²) in [5.74, 6) is 2.12. The quantitative estimate of drug-likeness (QED) is 0.848. The Morgan fingerprint density at radius 1 is 1.47 bits per heavy atom. The molecule has 2 aliphatic rings. The molecule has 19 heavy (non-hydrogen) atoms. The van der Waals surface area contributed by atoms with Gasteiger partial charge in [-0.1, -0.05) is 5.16 Å². The van der Waals surface area contributed by atoms with Gasteiger partial charge in [0.25, 0.3) is 0 Å². The van der Waals surface area contributed by atoms with E-state index in [4.69, 9.17) is 9.26 Å². The summed E-state index contributed by atoms with van der Waals surface area (Å²) >= 11 is 2.10. The molecule has 3 heterocycles. The normalized spacial score (nSPS) is 25.9. The van der Waals surface area contributed by atoms with Crippen LogP contribution in [0.3, 0.4) is 0 Å². The molecular formula is C14H22N2O2S. The van der Waals surface area contributed by atoms with Gasteiger partial charge in [0.1, 0.15) is 5.76 Å². The van der Waals surface area contributed by atoms with Crippen LogP contribution in [0.25, 0.3) is 0 Å². The summed E-state index contributed by atoms with van der Waals surface area (Å²) < 4.78 is 11.4. The second-order valence-corrected chi connectivity index (χ2v) is 7.21. The van der Waals surface area contributed by atoms with Crippen LogP contribution in [0.1, 0.15) is 30.4 Å². The third kappa shape index (κ3) is 2.56. The first kappa shape index (κ1) is 13.5. The Balaban J connectivity index is 1.53. The molecule has 3 rings (SSSR count). The lowest BCUT2D eigenvalue weighted by Gasteiger charge is -2.47. The molecule has 4 nitrogen and oxygen atoms in total. The molecule has 5 heteroatoms. The average Bonchev–Trinajstić information content (AvgIpc) is 2.88. The first-order valence-corrected chi connectivity index (χ1v) is 8.00. The maximum atomic E-state index is 5.75. The van der Waals surface area contributed by atoms with E-state index in [0.29, 0.717) is 10.9 Å². The van der Waals surface area contributed by atoms with Gasteiger partial charge in [-0.25, -0.2) is 0 Å². The lowest BCUT2D eigenvalue weighted by atomic mass is 9.92. The highest BCUT2D eigenvalue weighted by atomic mass is 32.2. The number of rotatable bonds is 4. The van der Waals surface area contributed by atoms with Crippen molar-refractivity contribution in [1.82, 2.24) is 10.1 Å². The summed E-state index contributed by atoms with van der Waals surface area (Å²) in [6.45, 7) is 10.3. The molecule has 2 fully saturated rings. The van der Waals surface area contributed by atoms with E-state index in [9.17, 15) is 0 Å². The minimum atomic E-state index is 0.457. The molecule has 0 radical (unpaired) electrons. The summed E-state index contributed by atoms with van der Waals surface area (Å²) in [6, 6.07) is 0. The van der Waals surface area contributed by atoms with Gasteiger partial charge < -0.3 is 9.26 Å². The van der Waals surface area contributed by atoms with E-state index < -0.39 is 0 Å². The number of hydrogen-bond donors (Lipinski definition) is 0. The highest BCUT2D eigenvalue weighted by Crippen LogP contribution is 2.46. The molecule has 1 aromatic rings. The van der Waals surface area contributed by atoms with Crippen LogP contribution in [-0.2, 0) is 11.3 Å². The first-order valence-electron chi connectivity index (χ1n) is 7.01. The minimum absolute atomic E-state index is 0.457. The summed E-state index contributed by atoms with van der Waals surface area (Å²) in [5, 5.41) is 4.03. The fraction of sp³-hybridized carbons (Fsp3) is 0.786. The fourth-order valence-electron chi connectivity index (χ4n) is 3.20. The number of aryl methyl sites for hydroxylation is 2. The Labute approximate surface area is 118 Å². The molecule has 1 unspecified atom stereocenters. The van der Waals surface area contributed by atoms with Crippen molar-refractivity contribution >= 4 is 11.8 Å². The van der Waals surface area contributed by atoms with Gasteiger partial charge in [0.05, 0.1) is 11.8 Å². The van der Waals surface area contributed by atoms with Crippen molar-refractivity contribution in [3.8, 4) is 0 Å². The first-order chi connectivity index (χ1) is 9.12. The van der Waals surface area contributed by atoms with Crippen LogP contribution >= 0.6 is 11.8 Å². The van der Waals surface area contributed by atoms with Gasteiger partial charge in [-0.05, 0) is 27.2 Å². The van der Waals surface area contributed by atoms with Gasteiger partial charge in [-0.3, -0.25) is 4.90 Å². The van der Waals surface area contributed by atoms with Crippen molar-refractivity contribution < 1.29 is 9.26 Å². The van der Waals surface area contributed by atoms with Crippen LogP contribution < -0.4 is 0 Å². The molecule has 0 amide bonds. The molecule has 0 aromatic carbocycles. The zero-order valence-corrected chi connectivity index (χ0v) is 12.8. The molecule has 1 spiro atoms. The number of ether oxygens (including phenoxy) is 1. The standard InChI is InChI=1S/C14H22N2O2S/c1-4-17-12-5-14(19-7-12)8-16(9-14)6-13-10(2)15-18-11(13)3/h12H,4-9H2,1-3H3. The molecule has 0 aliphatic carbocycles. The lowest BCUT2D eigenvalue weighted by Crippen LogP contribution is -2.58. The van der Waals surface area contributed by atoms with Gasteiger partial charge in [0, 0.05) is 42.3 Å². The van der Waals surface area contributed by atoms with E-state index in [-0.39, 0.29) is 0 Å². The molecule has 0 saturated carbocycles. The van der Waals surface area contributed by atoms with Crippen molar-refractivity contribution in [2.45, 2.75) is 44.6 Å².